The third kappa shape index (κ3) is 1.89. The first kappa shape index (κ1) is 11.3. The highest BCUT2D eigenvalue weighted by Crippen LogP contribution is 2.38. The Hall–Kier alpha value is -1.78. The van der Waals surface area contributed by atoms with E-state index in [9.17, 15) is 14.7 Å². The van der Waals surface area contributed by atoms with Crippen LogP contribution in [0.3, 0.4) is 0 Å². The summed E-state index contributed by atoms with van der Waals surface area (Å²) in [7, 11) is 0. The van der Waals surface area contributed by atoms with Crippen molar-refractivity contribution < 1.29 is 9.90 Å². The van der Waals surface area contributed by atoms with Gasteiger partial charge in [-0.05, 0) is 32.6 Å². The number of aryl methyl sites for hydroxylation is 1. The zero-order valence-electron chi connectivity index (χ0n) is 10.3. The molecule has 18 heavy (non-hydrogen) atoms. The monoisotopic (exact) mass is 248 g/mol. The Bertz CT molecular complexity index is 568. The van der Waals surface area contributed by atoms with Crippen LogP contribution in [0.4, 0.5) is 0 Å². The molecule has 3 rings (SSSR count). The Morgan fingerprint density at radius 1 is 1.39 bits per heavy atom. The van der Waals surface area contributed by atoms with E-state index >= 15 is 0 Å². The first-order valence-corrected chi connectivity index (χ1v) is 6.34. The standard InChI is InChI=1S/C13H16N2O3/c1-7-6-10(16)12(17)11(15(7)9-4-5-9)13(18)14-8-2-3-8/h6,8-9,17H,2-5H2,1H3,(H,14,18). The fourth-order valence-electron chi connectivity index (χ4n) is 2.24. The molecule has 1 aromatic rings. The summed E-state index contributed by atoms with van der Waals surface area (Å²) in [4.78, 5) is 23.8. The van der Waals surface area contributed by atoms with Gasteiger partial charge in [0.05, 0.1) is 0 Å². The van der Waals surface area contributed by atoms with E-state index in [0.717, 1.165) is 31.4 Å². The number of rotatable bonds is 3. The van der Waals surface area contributed by atoms with Gasteiger partial charge in [0.15, 0.2) is 11.4 Å². The minimum Gasteiger partial charge on any atom is -0.503 e. The first-order chi connectivity index (χ1) is 8.58. The number of aromatic hydroxyl groups is 1. The summed E-state index contributed by atoms with van der Waals surface area (Å²) >= 11 is 0. The van der Waals surface area contributed by atoms with Crippen LogP contribution in [0.5, 0.6) is 5.75 Å². The molecule has 5 heteroatoms. The molecular formula is C13H16N2O3. The van der Waals surface area contributed by atoms with Gasteiger partial charge in [-0.1, -0.05) is 0 Å². The number of pyridine rings is 1. The quantitative estimate of drug-likeness (QED) is 0.841. The van der Waals surface area contributed by atoms with E-state index in [1.807, 2.05) is 0 Å². The number of aromatic nitrogens is 1. The lowest BCUT2D eigenvalue weighted by molar-refractivity contribution is 0.0936. The predicted octanol–water partition coefficient (Wildman–Crippen LogP) is 1.09. The largest absolute Gasteiger partial charge is 0.503 e. The van der Waals surface area contributed by atoms with E-state index in [2.05, 4.69) is 5.32 Å². The average molecular weight is 248 g/mol. The Balaban J connectivity index is 2.08. The lowest BCUT2D eigenvalue weighted by atomic mass is 10.2. The van der Waals surface area contributed by atoms with Gasteiger partial charge in [-0.3, -0.25) is 9.59 Å². The summed E-state index contributed by atoms with van der Waals surface area (Å²) in [6.07, 6.45) is 3.94. The molecule has 2 aliphatic rings. The smallest absolute Gasteiger partial charge is 0.272 e. The number of carbonyl (C=O) groups excluding carboxylic acids is 1. The van der Waals surface area contributed by atoms with Gasteiger partial charge in [0.25, 0.3) is 5.91 Å². The van der Waals surface area contributed by atoms with Crippen LogP contribution in [-0.4, -0.2) is 21.6 Å². The number of carbonyl (C=O) groups is 1. The van der Waals surface area contributed by atoms with Crippen LogP contribution in [0.25, 0.3) is 0 Å². The maximum absolute atomic E-state index is 12.1. The average Bonchev–Trinajstić information content (AvgIpc) is 3.14. The van der Waals surface area contributed by atoms with E-state index in [1.54, 1.807) is 11.5 Å². The lowest BCUT2D eigenvalue weighted by Crippen LogP contribution is -2.31. The van der Waals surface area contributed by atoms with E-state index < -0.39 is 11.2 Å². The third-order valence-electron chi connectivity index (χ3n) is 3.46. The summed E-state index contributed by atoms with van der Waals surface area (Å²) in [6, 6.07) is 1.85. The van der Waals surface area contributed by atoms with E-state index in [1.165, 1.54) is 6.07 Å². The molecule has 2 fully saturated rings. The molecule has 2 saturated carbocycles. The lowest BCUT2D eigenvalue weighted by Gasteiger charge is -2.16. The van der Waals surface area contributed by atoms with Gasteiger partial charge in [-0.25, -0.2) is 0 Å². The van der Waals surface area contributed by atoms with Gasteiger partial charge in [0.1, 0.15) is 0 Å². The molecule has 0 spiro atoms. The third-order valence-corrected chi connectivity index (χ3v) is 3.46. The molecule has 0 atom stereocenters. The van der Waals surface area contributed by atoms with Gasteiger partial charge in [0.2, 0.25) is 5.43 Å². The fourth-order valence-corrected chi connectivity index (χ4v) is 2.24. The van der Waals surface area contributed by atoms with Crippen molar-refractivity contribution in [2.45, 2.75) is 44.7 Å². The Morgan fingerprint density at radius 2 is 2.06 bits per heavy atom. The molecule has 0 aliphatic heterocycles. The molecule has 0 bridgehead atoms. The summed E-state index contributed by atoms with van der Waals surface area (Å²) in [6.45, 7) is 1.80. The molecule has 96 valence electrons. The second kappa shape index (κ2) is 3.86. The first-order valence-electron chi connectivity index (χ1n) is 6.34. The van der Waals surface area contributed by atoms with Crippen molar-refractivity contribution in [2.24, 2.45) is 0 Å². The highest BCUT2D eigenvalue weighted by atomic mass is 16.3. The van der Waals surface area contributed by atoms with Gasteiger partial charge in [0, 0.05) is 23.8 Å². The van der Waals surface area contributed by atoms with Gasteiger partial charge >= 0.3 is 0 Å². The van der Waals surface area contributed by atoms with Crippen molar-refractivity contribution in [1.29, 1.82) is 0 Å². The van der Waals surface area contributed by atoms with Crippen LogP contribution in [0.15, 0.2) is 10.9 Å². The van der Waals surface area contributed by atoms with Crippen molar-refractivity contribution in [1.82, 2.24) is 9.88 Å². The second-order valence-corrected chi connectivity index (χ2v) is 5.20. The van der Waals surface area contributed by atoms with Crippen molar-refractivity contribution in [3.05, 3.63) is 27.7 Å². The molecule has 5 nitrogen and oxygen atoms in total. The van der Waals surface area contributed by atoms with Gasteiger partial charge in [-0.15, -0.1) is 0 Å². The van der Waals surface area contributed by atoms with Crippen molar-refractivity contribution >= 4 is 5.91 Å². The minimum absolute atomic E-state index is 0.134. The molecule has 0 unspecified atom stereocenters. The highest BCUT2D eigenvalue weighted by Gasteiger charge is 2.33. The maximum Gasteiger partial charge on any atom is 0.272 e. The topological polar surface area (TPSA) is 71.3 Å². The van der Waals surface area contributed by atoms with Crippen molar-refractivity contribution in [3.63, 3.8) is 0 Å². The van der Waals surface area contributed by atoms with Crippen LogP contribution in [0.2, 0.25) is 0 Å². The molecule has 2 N–H and O–H groups in total. The van der Waals surface area contributed by atoms with Crippen LogP contribution in [-0.2, 0) is 0 Å². The number of hydrogen-bond acceptors (Lipinski definition) is 3. The van der Waals surface area contributed by atoms with E-state index in [0.29, 0.717) is 0 Å². The number of amides is 1. The Labute approximate surface area is 104 Å². The molecule has 1 aromatic heterocycles. The van der Waals surface area contributed by atoms with Crippen molar-refractivity contribution in [2.75, 3.05) is 0 Å². The second-order valence-electron chi connectivity index (χ2n) is 5.20. The van der Waals surface area contributed by atoms with E-state index in [-0.39, 0.29) is 23.7 Å². The van der Waals surface area contributed by atoms with Gasteiger partial charge < -0.3 is 15.0 Å². The highest BCUT2D eigenvalue weighted by molar-refractivity contribution is 5.95. The van der Waals surface area contributed by atoms with Crippen LogP contribution in [0.1, 0.15) is 47.9 Å². The Morgan fingerprint density at radius 3 is 2.61 bits per heavy atom. The van der Waals surface area contributed by atoms with E-state index in [4.69, 9.17) is 0 Å². The number of nitrogens with one attached hydrogen (secondary N) is 1. The molecule has 1 heterocycles. The molecule has 0 aromatic carbocycles. The summed E-state index contributed by atoms with van der Waals surface area (Å²) in [5, 5.41) is 12.7. The zero-order valence-corrected chi connectivity index (χ0v) is 10.3. The summed E-state index contributed by atoms with van der Waals surface area (Å²) in [5.74, 6) is -0.756. The molecular weight excluding hydrogens is 232 g/mol. The van der Waals surface area contributed by atoms with Crippen LogP contribution in [0, 0.1) is 6.92 Å². The predicted molar refractivity (Wildman–Crippen MR) is 65.9 cm³/mol. The zero-order chi connectivity index (χ0) is 12.9. The maximum atomic E-state index is 12.1. The fraction of sp³-hybridized carbons (Fsp3) is 0.538. The van der Waals surface area contributed by atoms with Crippen molar-refractivity contribution in [3.8, 4) is 5.75 Å². The molecule has 0 saturated heterocycles. The summed E-state index contributed by atoms with van der Waals surface area (Å²) < 4.78 is 1.80. The Kier molecular flexibility index (Phi) is 2.43. The van der Waals surface area contributed by atoms with Crippen LogP contribution >= 0.6 is 0 Å². The summed E-state index contributed by atoms with van der Waals surface area (Å²) in [5.41, 5.74) is 0.390. The van der Waals surface area contributed by atoms with Gasteiger partial charge in [-0.2, -0.15) is 0 Å². The number of hydrogen-bond donors (Lipinski definition) is 2. The normalized spacial score (nSPS) is 18.7. The minimum atomic E-state index is -0.481. The SMILES string of the molecule is Cc1cc(=O)c(O)c(C(=O)NC2CC2)n1C1CC1. The number of nitrogens with zero attached hydrogens (tertiary/aromatic N) is 1. The molecule has 0 radical (unpaired) electrons. The molecule has 2 aliphatic carbocycles. The van der Waals surface area contributed by atoms with Crippen LogP contribution < -0.4 is 10.7 Å². The molecule has 1 amide bonds.